The predicted octanol–water partition coefficient (Wildman–Crippen LogP) is 3.71. The van der Waals surface area contributed by atoms with Crippen molar-refractivity contribution in [3.63, 3.8) is 0 Å². The molecule has 6 heteroatoms. The van der Waals surface area contributed by atoms with Crippen LogP contribution < -0.4 is 15.0 Å². The van der Waals surface area contributed by atoms with Crippen LogP contribution >= 0.6 is 11.6 Å². The predicted molar refractivity (Wildman–Crippen MR) is 98.4 cm³/mol. The maximum absolute atomic E-state index is 12.5. The smallest absolute Gasteiger partial charge is 0.268 e. The molecule has 2 aromatic rings. The Morgan fingerprint density at radius 2 is 2.00 bits per heavy atom. The number of amides is 2. The normalized spacial score (nSPS) is 16.2. The zero-order chi connectivity index (χ0) is 18.1. The summed E-state index contributed by atoms with van der Waals surface area (Å²) in [5, 5.41) is 3.36. The molecule has 0 aromatic heterocycles. The lowest BCUT2D eigenvalue weighted by atomic mass is 10.1. The third kappa shape index (κ3) is 3.61. The number of anilines is 2. The highest BCUT2D eigenvalue weighted by Gasteiger charge is 2.32. The van der Waals surface area contributed by atoms with Crippen LogP contribution in [0, 0.1) is 13.8 Å². The van der Waals surface area contributed by atoms with E-state index in [9.17, 15) is 9.59 Å². The fourth-order valence-electron chi connectivity index (χ4n) is 2.74. The summed E-state index contributed by atoms with van der Waals surface area (Å²) in [6, 6.07) is 10.9. The van der Waals surface area contributed by atoms with Crippen LogP contribution in [0.4, 0.5) is 11.4 Å². The van der Waals surface area contributed by atoms with Crippen molar-refractivity contribution >= 4 is 34.8 Å². The van der Waals surface area contributed by atoms with Gasteiger partial charge in [-0.3, -0.25) is 14.5 Å². The van der Waals surface area contributed by atoms with Gasteiger partial charge in [-0.05, 0) is 56.2 Å². The van der Waals surface area contributed by atoms with E-state index < -0.39 is 6.10 Å². The molecule has 2 aromatic carbocycles. The third-order valence-corrected chi connectivity index (χ3v) is 4.33. The van der Waals surface area contributed by atoms with Crippen molar-refractivity contribution in [1.29, 1.82) is 0 Å². The Balaban J connectivity index is 1.84. The molecule has 0 saturated carbocycles. The number of aryl methyl sites for hydroxylation is 2. The summed E-state index contributed by atoms with van der Waals surface area (Å²) in [7, 11) is 0. The highest BCUT2D eigenvalue weighted by atomic mass is 35.5. The molecule has 1 aliphatic rings. The van der Waals surface area contributed by atoms with Gasteiger partial charge in [0.2, 0.25) is 5.91 Å². The molecule has 0 bridgehead atoms. The van der Waals surface area contributed by atoms with Gasteiger partial charge in [0.15, 0.2) is 6.10 Å². The molecule has 3 rings (SSSR count). The first-order valence-electron chi connectivity index (χ1n) is 8.00. The molecule has 0 saturated heterocycles. The van der Waals surface area contributed by atoms with Crippen molar-refractivity contribution in [2.24, 2.45) is 0 Å². The molecule has 0 spiro atoms. The summed E-state index contributed by atoms with van der Waals surface area (Å²) >= 11 is 5.99. The maximum atomic E-state index is 12.5. The van der Waals surface area contributed by atoms with Gasteiger partial charge in [-0.25, -0.2) is 0 Å². The molecule has 1 atom stereocenters. The Morgan fingerprint density at radius 3 is 2.76 bits per heavy atom. The molecule has 130 valence electrons. The topological polar surface area (TPSA) is 58.6 Å². The van der Waals surface area contributed by atoms with E-state index in [1.807, 2.05) is 38.1 Å². The van der Waals surface area contributed by atoms with Gasteiger partial charge in [0, 0.05) is 10.7 Å². The number of benzene rings is 2. The highest BCUT2D eigenvalue weighted by molar-refractivity contribution is 6.31. The molecule has 0 aliphatic carbocycles. The van der Waals surface area contributed by atoms with Gasteiger partial charge in [-0.15, -0.1) is 0 Å². The number of carbonyl (C=O) groups is 2. The monoisotopic (exact) mass is 358 g/mol. The average Bonchev–Trinajstić information content (AvgIpc) is 2.56. The van der Waals surface area contributed by atoms with Gasteiger partial charge in [0.1, 0.15) is 12.3 Å². The van der Waals surface area contributed by atoms with Crippen molar-refractivity contribution in [3.05, 3.63) is 52.5 Å². The van der Waals surface area contributed by atoms with E-state index >= 15 is 0 Å². The summed E-state index contributed by atoms with van der Waals surface area (Å²) in [4.78, 5) is 26.5. The van der Waals surface area contributed by atoms with E-state index in [2.05, 4.69) is 5.32 Å². The Bertz CT molecular complexity index is 851. The number of hydrogen-bond acceptors (Lipinski definition) is 3. The molecule has 1 aliphatic heterocycles. The summed E-state index contributed by atoms with van der Waals surface area (Å²) in [6.07, 6.45) is -0.629. The fraction of sp³-hybridized carbons (Fsp3) is 0.263. The van der Waals surface area contributed by atoms with E-state index in [4.69, 9.17) is 16.3 Å². The Hall–Kier alpha value is -2.53. The minimum atomic E-state index is -0.629. The van der Waals surface area contributed by atoms with Gasteiger partial charge in [0.05, 0.1) is 5.69 Å². The van der Waals surface area contributed by atoms with Gasteiger partial charge < -0.3 is 10.1 Å². The van der Waals surface area contributed by atoms with Crippen LogP contribution in [-0.2, 0) is 9.59 Å². The molecule has 25 heavy (non-hydrogen) atoms. The number of halogens is 1. The first kappa shape index (κ1) is 17.3. The van der Waals surface area contributed by atoms with Crippen molar-refractivity contribution in [2.45, 2.75) is 26.9 Å². The standard InChI is InChI=1S/C19H19ClN2O3/c1-11-4-7-17-16(8-11)22(19(24)13(3)25-17)10-18(23)21-15-9-14(20)6-5-12(15)2/h4-9,13H,10H2,1-3H3,(H,21,23). The van der Waals surface area contributed by atoms with Crippen LogP contribution in [0.25, 0.3) is 0 Å². The summed E-state index contributed by atoms with van der Waals surface area (Å²) in [6.45, 7) is 5.40. The second-order valence-corrected chi connectivity index (χ2v) is 6.60. The van der Waals surface area contributed by atoms with E-state index in [0.717, 1.165) is 11.1 Å². The van der Waals surface area contributed by atoms with Crippen molar-refractivity contribution < 1.29 is 14.3 Å². The number of carbonyl (C=O) groups excluding carboxylic acids is 2. The maximum Gasteiger partial charge on any atom is 0.268 e. The SMILES string of the molecule is Cc1ccc2c(c1)N(CC(=O)Nc1cc(Cl)ccc1C)C(=O)C(C)O2. The van der Waals surface area contributed by atoms with Gasteiger partial charge in [-0.1, -0.05) is 23.7 Å². The number of fused-ring (bicyclic) bond motifs is 1. The second-order valence-electron chi connectivity index (χ2n) is 6.16. The molecule has 1 N–H and O–H groups in total. The lowest BCUT2D eigenvalue weighted by molar-refractivity contribution is -0.127. The quantitative estimate of drug-likeness (QED) is 0.909. The molecular formula is C19H19ClN2O3. The van der Waals surface area contributed by atoms with Crippen LogP contribution in [0.2, 0.25) is 5.02 Å². The number of hydrogen-bond donors (Lipinski definition) is 1. The Kier molecular flexibility index (Phi) is 4.68. The fourth-order valence-corrected chi connectivity index (χ4v) is 2.91. The molecule has 2 amide bonds. The minimum absolute atomic E-state index is 0.0884. The van der Waals surface area contributed by atoms with Crippen molar-refractivity contribution in [3.8, 4) is 5.75 Å². The van der Waals surface area contributed by atoms with E-state index in [1.165, 1.54) is 4.90 Å². The van der Waals surface area contributed by atoms with E-state index in [-0.39, 0.29) is 18.4 Å². The van der Waals surface area contributed by atoms with Crippen LogP contribution in [0.1, 0.15) is 18.1 Å². The summed E-state index contributed by atoms with van der Waals surface area (Å²) < 4.78 is 5.62. The third-order valence-electron chi connectivity index (χ3n) is 4.10. The molecule has 0 fully saturated rings. The lowest BCUT2D eigenvalue weighted by Crippen LogP contribution is -2.47. The second kappa shape index (κ2) is 6.76. The number of ether oxygens (including phenoxy) is 1. The highest BCUT2D eigenvalue weighted by Crippen LogP contribution is 2.34. The van der Waals surface area contributed by atoms with Gasteiger partial charge in [0.25, 0.3) is 5.91 Å². The zero-order valence-electron chi connectivity index (χ0n) is 14.3. The van der Waals surface area contributed by atoms with Gasteiger partial charge >= 0.3 is 0 Å². The number of nitrogens with zero attached hydrogens (tertiary/aromatic N) is 1. The molecular weight excluding hydrogens is 340 g/mol. The molecule has 1 heterocycles. The molecule has 5 nitrogen and oxygen atoms in total. The van der Waals surface area contributed by atoms with Crippen molar-refractivity contribution in [1.82, 2.24) is 0 Å². The number of rotatable bonds is 3. The van der Waals surface area contributed by atoms with Crippen LogP contribution in [0.5, 0.6) is 5.75 Å². The first-order valence-corrected chi connectivity index (χ1v) is 8.37. The van der Waals surface area contributed by atoms with Gasteiger partial charge in [-0.2, -0.15) is 0 Å². The lowest BCUT2D eigenvalue weighted by Gasteiger charge is -2.32. The summed E-state index contributed by atoms with van der Waals surface area (Å²) in [5.41, 5.74) is 3.13. The van der Waals surface area contributed by atoms with E-state index in [0.29, 0.717) is 22.1 Å². The summed E-state index contributed by atoms with van der Waals surface area (Å²) in [5.74, 6) is 0.0702. The first-order chi connectivity index (χ1) is 11.8. The molecule has 1 unspecified atom stereocenters. The zero-order valence-corrected chi connectivity index (χ0v) is 15.1. The van der Waals surface area contributed by atoms with E-state index in [1.54, 1.807) is 19.1 Å². The van der Waals surface area contributed by atoms with Crippen LogP contribution in [0.3, 0.4) is 0 Å². The Labute approximate surface area is 151 Å². The minimum Gasteiger partial charge on any atom is -0.479 e. The van der Waals surface area contributed by atoms with Crippen LogP contribution in [0.15, 0.2) is 36.4 Å². The average molecular weight is 359 g/mol. The molecule has 0 radical (unpaired) electrons. The van der Waals surface area contributed by atoms with Crippen LogP contribution in [-0.4, -0.2) is 24.5 Å². The van der Waals surface area contributed by atoms with Crippen molar-refractivity contribution in [2.75, 3.05) is 16.8 Å². The Morgan fingerprint density at radius 1 is 1.24 bits per heavy atom. The number of nitrogens with one attached hydrogen (secondary N) is 1. The largest absolute Gasteiger partial charge is 0.479 e.